The maximum atomic E-state index is 9.92. The van der Waals surface area contributed by atoms with Gasteiger partial charge in [0.2, 0.25) is 0 Å². The summed E-state index contributed by atoms with van der Waals surface area (Å²) in [5.74, 6) is 0. The summed E-state index contributed by atoms with van der Waals surface area (Å²) in [5.41, 5.74) is 4.55. The van der Waals surface area contributed by atoms with Gasteiger partial charge < -0.3 is 5.11 Å². The number of aryl methyl sites for hydroxylation is 1. The third-order valence-electron chi connectivity index (χ3n) is 2.46. The van der Waals surface area contributed by atoms with Crippen LogP contribution < -0.4 is 0 Å². The Labute approximate surface area is 86.1 Å². The molecule has 76 valence electrons. The van der Waals surface area contributed by atoms with Gasteiger partial charge in [0, 0.05) is 0 Å². The van der Waals surface area contributed by atoms with Gasteiger partial charge in [-0.1, -0.05) is 29.8 Å². The highest BCUT2D eigenvalue weighted by Crippen LogP contribution is 2.22. The summed E-state index contributed by atoms with van der Waals surface area (Å²) < 4.78 is 0. The quantitative estimate of drug-likeness (QED) is 0.709. The van der Waals surface area contributed by atoms with E-state index >= 15 is 0 Å². The molecule has 0 aromatic heterocycles. The molecule has 0 heterocycles. The Bertz CT molecular complexity index is 346. The SMILES string of the molecule is CC(C)=CC(O)c1cccc(C)c1C. The summed E-state index contributed by atoms with van der Waals surface area (Å²) >= 11 is 0. The zero-order valence-electron chi connectivity index (χ0n) is 9.33. The van der Waals surface area contributed by atoms with Crippen molar-refractivity contribution in [3.8, 4) is 0 Å². The predicted molar refractivity (Wildman–Crippen MR) is 60.3 cm³/mol. The lowest BCUT2D eigenvalue weighted by Crippen LogP contribution is -1.98. The second-order valence-electron chi connectivity index (χ2n) is 3.98. The highest BCUT2D eigenvalue weighted by Gasteiger charge is 2.07. The lowest BCUT2D eigenvalue weighted by atomic mass is 9.98. The Morgan fingerprint density at radius 1 is 1.29 bits per heavy atom. The summed E-state index contributed by atoms with van der Waals surface area (Å²) in [7, 11) is 0. The minimum atomic E-state index is -0.472. The molecule has 1 unspecified atom stereocenters. The van der Waals surface area contributed by atoms with Crippen LogP contribution in [0, 0.1) is 13.8 Å². The van der Waals surface area contributed by atoms with Crippen molar-refractivity contribution in [1.29, 1.82) is 0 Å². The first-order valence-electron chi connectivity index (χ1n) is 4.91. The van der Waals surface area contributed by atoms with Crippen LogP contribution in [0.5, 0.6) is 0 Å². The first-order chi connectivity index (χ1) is 6.52. The van der Waals surface area contributed by atoms with Crippen molar-refractivity contribution in [1.82, 2.24) is 0 Å². The monoisotopic (exact) mass is 190 g/mol. The molecule has 1 aromatic carbocycles. The van der Waals surface area contributed by atoms with Gasteiger partial charge in [-0.15, -0.1) is 0 Å². The number of aliphatic hydroxyl groups is 1. The Balaban J connectivity index is 3.07. The summed E-state index contributed by atoms with van der Waals surface area (Å²) in [6.45, 7) is 8.10. The second-order valence-corrected chi connectivity index (χ2v) is 3.98. The molecular weight excluding hydrogens is 172 g/mol. The fourth-order valence-electron chi connectivity index (χ4n) is 1.50. The van der Waals surface area contributed by atoms with Gasteiger partial charge in [0.25, 0.3) is 0 Å². The molecule has 0 aliphatic carbocycles. The normalized spacial score (nSPS) is 12.4. The highest BCUT2D eigenvalue weighted by molar-refractivity contribution is 5.36. The van der Waals surface area contributed by atoms with E-state index in [0.29, 0.717) is 0 Å². The molecule has 0 radical (unpaired) electrons. The molecule has 0 amide bonds. The molecule has 1 rings (SSSR count). The van der Waals surface area contributed by atoms with E-state index in [9.17, 15) is 5.11 Å². The predicted octanol–water partition coefficient (Wildman–Crippen LogP) is 3.30. The van der Waals surface area contributed by atoms with Gasteiger partial charge in [0.1, 0.15) is 0 Å². The van der Waals surface area contributed by atoms with E-state index in [1.54, 1.807) is 0 Å². The second kappa shape index (κ2) is 4.43. The molecule has 1 nitrogen and oxygen atoms in total. The molecule has 14 heavy (non-hydrogen) atoms. The number of hydrogen-bond acceptors (Lipinski definition) is 1. The van der Waals surface area contributed by atoms with Crippen LogP contribution in [0.3, 0.4) is 0 Å². The molecule has 1 N–H and O–H groups in total. The lowest BCUT2D eigenvalue weighted by Gasteiger charge is -2.12. The van der Waals surface area contributed by atoms with Crippen LogP contribution in [0.15, 0.2) is 29.8 Å². The molecule has 0 bridgehead atoms. The number of benzene rings is 1. The van der Waals surface area contributed by atoms with Crippen molar-refractivity contribution in [2.24, 2.45) is 0 Å². The van der Waals surface area contributed by atoms with E-state index in [1.165, 1.54) is 11.1 Å². The zero-order valence-corrected chi connectivity index (χ0v) is 9.33. The number of rotatable bonds is 2. The maximum Gasteiger partial charge on any atom is 0.0976 e. The van der Waals surface area contributed by atoms with E-state index < -0.39 is 6.10 Å². The molecule has 0 fully saturated rings. The molecule has 1 aromatic rings. The van der Waals surface area contributed by atoms with Crippen molar-refractivity contribution >= 4 is 0 Å². The van der Waals surface area contributed by atoms with Gasteiger partial charge in [-0.25, -0.2) is 0 Å². The summed E-state index contributed by atoms with van der Waals surface area (Å²) in [4.78, 5) is 0. The van der Waals surface area contributed by atoms with Crippen molar-refractivity contribution in [2.75, 3.05) is 0 Å². The fourth-order valence-corrected chi connectivity index (χ4v) is 1.50. The Morgan fingerprint density at radius 3 is 2.50 bits per heavy atom. The Hall–Kier alpha value is -1.08. The third-order valence-corrected chi connectivity index (χ3v) is 2.46. The fraction of sp³-hybridized carbons (Fsp3) is 0.385. The molecule has 0 spiro atoms. The van der Waals surface area contributed by atoms with Gasteiger partial charge in [-0.05, 0) is 44.4 Å². The number of aliphatic hydroxyl groups excluding tert-OH is 1. The van der Waals surface area contributed by atoms with E-state index in [0.717, 1.165) is 11.1 Å². The number of hydrogen-bond donors (Lipinski definition) is 1. The largest absolute Gasteiger partial charge is 0.384 e. The van der Waals surface area contributed by atoms with Gasteiger partial charge in [-0.3, -0.25) is 0 Å². The maximum absolute atomic E-state index is 9.92. The zero-order chi connectivity index (χ0) is 10.7. The average Bonchev–Trinajstić information content (AvgIpc) is 2.08. The molecule has 1 heteroatoms. The lowest BCUT2D eigenvalue weighted by molar-refractivity contribution is 0.227. The average molecular weight is 190 g/mol. The summed E-state index contributed by atoms with van der Waals surface area (Å²) in [5, 5.41) is 9.92. The van der Waals surface area contributed by atoms with Gasteiger partial charge in [-0.2, -0.15) is 0 Å². The summed E-state index contributed by atoms with van der Waals surface area (Å²) in [6.07, 6.45) is 1.40. The van der Waals surface area contributed by atoms with Crippen LogP contribution in [0.2, 0.25) is 0 Å². The van der Waals surface area contributed by atoms with Crippen LogP contribution in [-0.4, -0.2) is 5.11 Å². The Kier molecular flexibility index (Phi) is 3.48. The van der Waals surface area contributed by atoms with Crippen LogP contribution in [0.1, 0.15) is 36.6 Å². The van der Waals surface area contributed by atoms with Crippen LogP contribution in [0.25, 0.3) is 0 Å². The molecular formula is C13H18O. The van der Waals surface area contributed by atoms with Crippen molar-refractivity contribution in [3.63, 3.8) is 0 Å². The van der Waals surface area contributed by atoms with E-state index in [2.05, 4.69) is 13.0 Å². The van der Waals surface area contributed by atoms with Gasteiger partial charge in [0.15, 0.2) is 0 Å². The highest BCUT2D eigenvalue weighted by atomic mass is 16.3. The molecule has 0 saturated carbocycles. The first kappa shape index (κ1) is 11.0. The molecule has 0 aliphatic heterocycles. The smallest absolute Gasteiger partial charge is 0.0976 e. The molecule has 0 saturated heterocycles. The Morgan fingerprint density at radius 2 is 1.93 bits per heavy atom. The van der Waals surface area contributed by atoms with Crippen LogP contribution in [0.4, 0.5) is 0 Å². The van der Waals surface area contributed by atoms with Crippen LogP contribution >= 0.6 is 0 Å². The molecule has 0 aliphatic rings. The first-order valence-corrected chi connectivity index (χ1v) is 4.91. The third kappa shape index (κ3) is 2.46. The van der Waals surface area contributed by atoms with E-state index in [4.69, 9.17) is 0 Å². The molecule has 1 atom stereocenters. The minimum Gasteiger partial charge on any atom is -0.384 e. The van der Waals surface area contributed by atoms with Crippen molar-refractivity contribution < 1.29 is 5.11 Å². The van der Waals surface area contributed by atoms with Crippen molar-refractivity contribution in [3.05, 3.63) is 46.5 Å². The van der Waals surface area contributed by atoms with E-state index in [-0.39, 0.29) is 0 Å². The standard InChI is InChI=1S/C13H18O/c1-9(2)8-13(14)12-7-5-6-10(3)11(12)4/h5-8,13-14H,1-4H3. The van der Waals surface area contributed by atoms with Crippen LogP contribution in [-0.2, 0) is 0 Å². The topological polar surface area (TPSA) is 20.2 Å². The van der Waals surface area contributed by atoms with E-state index in [1.807, 2.05) is 39.0 Å². The van der Waals surface area contributed by atoms with Crippen molar-refractivity contribution in [2.45, 2.75) is 33.8 Å². The summed E-state index contributed by atoms with van der Waals surface area (Å²) in [6, 6.07) is 6.03. The van der Waals surface area contributed by atoms with Gasteiger partial charge >= 0.3 is 0 Å². The number of allylic oxidation sites excluding steroid dienone is 1. The van der Waals surface area contributed by atoms with Gasteiger partial charge in [0.05, 0.1) is 6.10 Å². The minimum absolute atomic E-state index is 0.472.